The van der Waals surface area contributed by atoms with Crippen LogP contribution in [0, 0.1) is 5.82 Å². The van der Waals surface area contributed by atoms with Crippen LogP contribution in [0.1, 0.15) is 55.5 Å². The van der Waals surface area contributed by atoms with Crippen LogP contribution >= 0.6 is 0 Å². The standard InChI is InChI=1S/C29H32FN3O3/c1-3-17-31-28(35)24(4-2)33(19-20-13-15-22(30)16-14-20)26(34)12-7-18-32-25-11-6-9-21-8-5-10-23(27(21)25)29(32)36/h5-6,8-11,13-16,24H,3-4,7,12,17-19H2,1-2H3,(H,31,35)/t24-/m1/s1. The third kappa shape index (κ3) is 5.25. The third-order valence-corrected chi connectivity index (χ3v) is 6.62. The molecule has 4 rings (SSSR count). The second-order valence-corrected chi connectivity index (χ2v) is 9.10. The number of rotatable bonds is 11. The first-order valence-electron chi connectivity index (χ1n) is 12.6. The van der Waals surface area contributed by atoms with Gasteiger partial charge in [0, 0.05) is 37.0 Å². The fourth-order valence-corrected chi connectivity index (χ4v) is 4.81. The van der Waals surface area contributed by atoms with Gasteiger partial charge in [-0.2, -0.15) is 0 Å². The predicted octanol–water partition coefficient (Wildman–Crippen LogP) is 5.05. The third-order valence-electron chi connectivity index (χ3n) is 6.62. The Balaban J connectivity index is 1.47. The van der Waals surface area contributed by atoms with Crippen molar-refractivity contribution in [3.63, 3.8) is 0 Å². The van der Waals surface area contributed by atoms with Gasteiger partial charge in [0.15, 0.2) is 0 Å². The highest BCUT2D eigenvalue weighted by molar-refractivity contribution is 6.25. The van der Waals surface area contributed by atoms with Crippen LogP contribution in [0.25, 0.3) is 10.8 Å². The lowest BCUT2D eigenvalue weighted by atomic mass is 10.1. The van der Waals surface area contributed by atoms with Crippen LogP contribution in [0.3, 0.4) is 0 Å². The van der Waals surface area contributed by atoms with Gasteiger partial charge in [0.05, 0.1) is 5.69 Å². The van der Waals surface area contributed by atoms with Crippen molar-refractivity contribution in [3.8, 4) is 0 Å². The van der Waals surface area contributed by atoms with Gasteiger partial charge in [-0.25, -0.2) is 4.39 Å². The second kappa shape index (κ2) is 11.3. The van der Waals surface area contributed by atoms with Crippen molar-refractivity contribution in [1.82, 2.24) is 10.2 Å². The summed E-state index contributed by atoms with van der Waals surface area (Å²) in [7, 11) is 0. The fraction of sp³-hybridized carbons (Fsp3) is 0.345. The van der Waals surface area contributed by atoms with Crippen molar-refractivity contribution >= 4 is 34.2 Å². The molecule has 0 aromatic heterocycles. The van der Waals surface area contributed by atoms with Gasteiger partial charge in [0.1, 0.15) is 11.9 Å². The van der Waals surface area contributed by atoms with Crippen LogP contribution in [0.2, 0.25) is 0 Å². The van der Waals surface area contributed by atoms with Crippen LogP contribution in [0.5, 0.6) is 0 Å². The molecule has 1 heterocycles. The molecule has 1 atom stereocenters. The Morgan fingerprint density at radius 2 is 1.75 bits per heavy atom. The molecule has 3 aromatic rings. The molecule has 1 aliphatic rings. The molecule has 1 N–H and O–H groups in total. The Morgan fingerprint density at radius 3 is 2.44 bits per heavy atom. The molecular weight excluding hydrogens is 457 g/mol. The SMILES string of the molecule is CCCNC(=O)[C@@H](CC)N(Cc1ccc(F)cc1)C(=O)CCCN1C(=O)c2cccc3cccc1c23. The lowest BCUT2D eigenvalue weighted by Crippen LogP contribution is -2.49. The molecule has 0 saturated heterocycles. The van der Waals surface area contributed by atoms with E-state index in [-0.39, 0.29) is 36.5 Å². The Morgan fingerprint density at radius 1 is 1.03 bits per heavy atom. The average Bonchev–Trinajstić information content (AvgIpc) is 3.16. The van der Waals surface area contributed by atoms with E-state index in [2.05, 4.69) is 5.32 Å². The quantitative estimate of drug-likeness (QED) is 0.410. The van der Waals surface area contributed by atoms with Gasteiger partial charge >= 0.3 is 0 Å². The monoisotopic (exact) mass is 489 g/mol. The first-order chi connectivity index (χ1) is 17.4. The summed E-state index contributed by atoms with van der Waals surface area (Å²) in [6.45, 7) is 5.01. The molecule has 0 radical (unpaired) electrons. The summed E-state index contributed by atoms with van der Waals surface area (Å²) >= 11 is 0. The van der Waals surface area contributed by atoms with Crippen molar-refractivity contribution in [1.29, 1.82) is 0 Å². The van der Waals surface area contributed by atoms with Crippen LogP contribution < -0.4 is 10.2 Å². The van der Waals surface area contributed by atoms with E-state index in [0.717, 1.165) is 28.4 Å². The maximum atomic E-state index is 13.4. The molecule has 0 spiro atoms. The zero-order valence-corrected chi connectivity index (χ0v) is 20.8. The summed E-state index contributed by atoms with van der Waals surface area (Å²) in [6, 6.07) is 16.9. The molecule has 6 nitrogen and oxygen atoms in total. The second-order valence-electron chi connectivity index (χ2n) is 9.10. The number of halogens is 1. The summed E-state index contributed by atoms with van der Waals surface area (Å²) < 4.78 is 13.4. The van der Waals surface area contributed by atoms with Crippen LogP contribution in [-0.2, 0) is 16.1 Å². The van der Waals surface area contributed by atoms with E-state index in [1.165, 1.54) is 12.1 Å². The molecular formula is C29H32FN3O3. The van der Waals surface area contributed by atoms with E-state index >= 15 is 0 Å². The van der Waals surface area contributed by atoms with E-state index in [9.17, 15) is 18.8 Å². The maximum Gasteiger partial charge on any atom is 0.258 e. The van der Waals surface area contributed by atoms with Crippen molar-refractivity contribution in [3.05, 3.63) is 77.6 Å². The Bertz CT molecular complexity index is 1250. The van der Waals surface area contributed by atoms with E-state index in [1.807, 2.05) is 50.2 Å². The molecule has 3 amide bonds. The smallest absolute Gasteiger partial charge is 0.258 e. The first kappa shape index (κ1) is 25.4. The molecule has 0 fully saturated rings. The lowest BCUT2D eigenvalue weighted by molar-refractivity contribution is -0.141. The minimum atomic E-state index is -0.625. The normalized spacial score (nSPS) is 13.2. The number of benzene rings is 3. The van der Waals surface area contributed by atoms with Crippen LogP contribution in [-0.4, -0.2) is 41.8 Å². The summed E-state index contributed by atoms with van der Waals surface area (Å²) in [6.07, 6.45) is 1.91. The van der Waals surface area contributed by atoms with E-state index in [0.29, 0.717) is 31.5 Å². The Labute approximate surface area is 211 Å². The number of carbonyl (C=O) groups excluding carboxylic acids is 3. The van der Waals surface area contributed by atoms with E-state index in [1.54, 1.807) is 21.9 Å². The zero-order valence-electron chi connectivity index (χ0n) is 20.8. The molecule has 0 unspecified atom stereocenters. The van der Waals surface area contributed by atoms with Gasteiger partial charge in [0.2, 0.25) is 11.8 Å². The summed E-state index contributed by atoms with van der Waals surface area (Å²) in [4.78, 5) is 42.7. The molecule has 3 aromatic carbocycles. The summed E-state index contributed by atoms with van der Waals surface area (Å²) in [5.74, 6) is -0.759. The van der Waals surface area contributed by atoms with Gasteiger partial charge in [-0.1, -0.05) is 50.2 Å². The highest BCUT2D eigenvalue weighted by Gasteiger charge is 2.31. The largest absolute Gasteiger partial charge is 0.354 e. The van der Waals surface area contributed by atoms with E-state index in [4.69, 9.17) is 0 Å². The van der Waals surface area contributed by atoms with Gasteiger partial charge in [0.25, 0.3) is 5.91 Å². The predicted molar refractivity (Wildman–Crippen MR) is 139 cm³/mol. The van der Waals surface area contributed by atoms with Crippen molar-refractivity contribution in [2.45, 2.75) is 52.1 Å². The maximum absolute atomic E-state index is 13.4. The lowest BCUT2D eigenvalue weighted by Gasteiger charge is -2.31. The van der Waals surface area contributed by atoms with Crippen molar-refractivity contribution in [2.24, 2.45) is 0 Å². The highest BCUT2D eigenvalue weighted by Crippen LogP contribution is 2.37. The number of amides is 3. The van der Waals surface area contributed by atoms with Gasteiger partial charge in [-0.05, 0) is 54.5 Å². The van der Waals surface area contributed by atoms with Gasteiger partial charge in [-0.15, -0.1) is 0 Å². The topological polar surface area (TPSA) is 69.7 Å². The minimum Gasteiger partial charge on any atom is -0.354 e. The number of carbonyl (C=O) groups is 3. The van der Waals surface area contributed by atoms with Crippen LogP contribution in [0.4, 0.5) is 10.1 Å². The summed E-state index contributed by atoms with van der Waals surface area (Å²) in [5, 5.41) is 4.87. The first-order valence-corrected chi connectivity index (χ1v) is 12.6. The van der Waals surface area contributed by atoms with Gasteiger partial charge in [-0.3, -0.25) is 14.4 Å². The number of nitrogens with zero attached hydrogens (tertiary/aromatic N) is 2. The van der Waals surface area contributed by atoms with Crippen molar-refractivity contribution < 1.29 is 18.8 Å². The molecule has 7 heteroatoms. The number of hydrogen-bond donors (Lipinski definition) is 1. The Kier molecular flexibility index (Phi) is 7.98. The fourth-order valence-electron chi connectivity index (χ4n) is 4.81. The van der Waals surface area contributed by atoms with Crippen molar-refractivity contribution in [2.75, 3.05) is 18.0 Å². The van der Waals surface area contributed by atoms with E-state index < -0.39 is 6.04 Å². The molecule has 36 heavy (non-hydrogen) atoms. The zero-order chi connectivity index (χ0) is 25.7. The average molecular weight is 490 g/mol. The van der Waals surface area contributed by atoms with Crippen LogP contribution in [0.15, 0.2) is 60.7 Å². The molecule has 0 bridgehead atoms. The summed E-state index contributed by atoms with van der Waals surface area (Å²) in [5.41, 5.74) is 2.31. The molecule has 0 saturated carbocycles. The van der Waals surface area contributed by atoms with Gasteiger partial charge < -0.3 is 15.1 Å². The molecule has 0 aliphatic carbocycles. The molecule has 188 valence electrons. The Hall–Kier alpha value is -3.74. The minimum absolute atomic E-state index is 0.0530. The number of nitrogens with one attached hydrogen (secondary N) is 1. The number of anilines is 1. The molecule has 1 aliphatic heterocycles. The number of hydrogen-bond acceptors (Lipinski definition) is 3. The highest BCUT2D eigenvalue weighted by atomic mass is 19.1.